The quantitative estimate of drug-likeness (QED) is 0.410. The molecule has 3 N–H and O–H groups in total. The van der Waals surface area contributed by atoms with Crippen LogP contribution in [0.5, 0.6) is 5.75 Å². The first-order chi connectivity index (χ1) is 17.0. The van der Waals surface area contributed by atoms with Gasteiger partial charge in [-0.05, 0) is 48.5 Å². The zero-order valence-corrected chi connectivity index (χ0v) is 18.7. The van der Waals surface area contributed by atoms with Crippen LogP contribution >= 0.6 is 0 Å². The number of carbonyl (C=O) groups is 4. The van der Waals surface area contributed by atoms with Crippen LogP contribution in [0.15, 0.2) is 73.1 Å². The average molecular weight is 473 g/mol. The van der Waals surface area contributed by atoms with Gasteiger partial charge in [0.15, 0.2) is 0 Å². The molecule has 1 aliphatic heterocycles. The van der Waals surface area contributed by atoms with E-state index in [1.54, 1.807) is 60.9 Å². The number of urea groups is 1. The van der Waals surface area contributed by atoms with Crippen LogP contribution in [0.25, 0.3) is 0 Å². The van der Waals surface area contributed by atoms with Crippen molar-refractivity contribution in [2.45, 2.75) is 13.0 Å². The van der Waals surface area contributed by atoms with E-state index in [0.29, 0.717) is 29.3 Å². The highest BCUT2D eigenvalue weighted by molar-refractivity contribution is 6.05. The lowest BCUT2D eigenvalue weighted by Crippen LogP contribution is -2.33. The number of hydrogen-bond acceptors (Lipinski definition) is 6. The third kappa shape index (κ3) is 6.41. The molecule has 0 aliphatic carbocycles. The standard InChI is InChI=1S/C25H23N5O5/c31-22(10-12-30-23(32)15-27-25(30)34)28-19-6-8-20(9-7-19)29-24(33)18-4-1-5-21(13-18)35-16-17-3-2-11-26-14-17/h1-9,11,13-14H,10,12,15-16H2,(H,27,34)(H,28,31)(H,29,33). The first-order valence-corrected chi connectivity index (χ1v) is 10.9. The van der Waals surface area contributed by atoms with Crippen LogP contribution in [0.2, 0.25) is 0 Å². The number of ether oxygens (including phenoxy) is 1. The van der Waals surface area contributed by atoms with Gasteiger partial charge in [0, 0.05) is 47.9 Å². The molecule has 0 radical (unpaired) electrons. The van der Waals surface area contributed by atoms with E-state index in [-0.39, 0.29) is 37.2 Å². The molecule has 5 amide bonds. The Morgan fingerprint density at radius 2 is 1.77 bits per heavy atom. The van der Waals surface area contributed by atoms with Crippen molar-refractivity contribution in [1.82, 2.24) is 15.2 Å². The maximum absolute atomic E-state index is 12.7. The molecular formula is C25H23N5O5. The Kier molecular flexibility index (Phi) is 7.31. The van der Waals surface area contributed by atoms with Crippen LogP contribution in [0.1, 0.15) is 22.3 Å². The Morgan fingerprint density at radius 3 is 2.46 bits per heavy atom. The molecule has 2 heterocycles. The number of carbonyl (C=O) groups excluding carboxylic acids is 4. The summed E-state index contributed by atoms with van der Waals surface area (Å²) < 4.78 is 5.75. The lowest BCUT2D eigenvalue weighted by Gasteiger charge is -2.12. The Labute approximate surface area is 201 Å². The maximum Gasteiger partial charge on any atom is 0.324 e. The van der Waals surface area contributed by atoms with Gasteiger partial charge >= 0.3 is 6.03 Å². The van der Waals surface area contributed by atoms with E-state index in [2.05, 4.69) is 20.9 Å². The number of imide groups is 1. The van der Waals surface area contributed by atoms with Crippen molar-refractivity contribution < 1.29 is 23.9 Å². The molecule has 178 valence electrons. The third-order valence-corrected chi connectivity index (χ3v) is 5.15. The van der Waals surface area contributed by atoms with E-state index in [9.17, 15) is 19.2 Å². The number of nitrogens with zero attached hydrogens (tertiary/aromatic N) is 2. The second-order valence-corrected chi connectivity index (χ2v) is 7.71. The van der Waals surface area contributed by atoms with Crippen molar-refractivity contribution in [3.05, 3.63) is 84.2 Å². The van der Waals surface area contributed by atoms with E-state index in [1.165, 1.54) is 0 Å². The summed E-state index contributed by atoms with van der Waals surface area (Å²) >= 11 is 0. The summed E-state index contributed by atoms with van der Waals surface area (Å²) in [7, 11) is 0. The number of rotatable bonds is 9. The first-order valence-electron chi connectivity index (χ1n) is 10.9. The van der Waals surface area contributed by atoms with Gasteiger partial charge < -0.3 is 20.7 Å². The molecule has 3 aromatic rings. The van der Waals surface area contributed by atoms with E-state index in [0.717, 1.165) is 10.5 Å². The Balaban J connectivity index is 1.27. The molecule has 0 spiro atoms. The summed E-state index contributed by atoms with van der Waals surface area (Å²) in [5, 5.41) is 7.91. The number of nitrogens with one attached hydrogen (secondary N) is 3. The molecule has 1 fully saturated rings. The van der Waals surface area contributed by atoms with E-state index in [1.807, 2.05) is 12.1 Å². The van der Waals surface area contributed by atoms with Crippen LogP contribution in [0.3, 0.4) is 0 Å². The first kappa shape index (κ1) is 23.4. The van der Waals surface area contributed by atoms with Crippen molar-refractivity contribution >= 4 is 35.1 Å². The van der Waals surface area contributed by atoms with Gasteiger partial charge in [-0.3, -0.25) is 24.3 Å². The van der Waals surface area contributed by atoms with Gasteiger partial charge in [-0.2, -0.15) is 0 Å². The highest BCUT2D eigenvalue weighted by atomic mass is 16.5. The van der Waals surface area contributed by atoms with Crippen molar-refractivity contribution in [1.29, 1.82) is 0 Å². The monoisotopic (exact) mass is 473 g/mol. The normalized spacial score (nSPS) is 12.7. The third-order valence-electron chi connectivity index (χ3n) is 5.15. The molecule has 0 unspecified atom stereocenters. The van der Waals surface area contributed by atoms with Crippen LogP contribution in [0.4, 0.5) is 16.2 Å². The van der Waals surface area contributed by atoms with Gasteiger partial charge in [0.25, 0.3) is 5.91 Å². The second-order valence-electron chi connectivity index (χ2n) is 7.71. The summed E-state index contributed by atoms with van der Waals surface area (Å²) in [4.78, 5) is 52.9. The molecule has 0 saturated carbocycles. The van der Waals surface area contributed by atoms with Crippen molar-refractivity contribution in [2.75, 3.05) is 23.7 Å². The number of pyridine rings is 1. The zero-order chi connectivity index (χ0) is 24.6. The molecule has 1 aromatic heterocycles. The topological polar surface area (TPSA) is 130 Å². The van der Waals surface area contributed by atoms with Crippen molar-refractivity contribution in [3.8, 4) is 5.75 Å². The summed E-state index contributed by atoms with van der Waals surface area (Å²) in [6.45, 7) is 0.305. The van der Waals surface area contributed by atoms with Gasteiger partial charge in [0.1, 0.15) is 12.4 Å². The number of amides is 5. The van der Waals surface area contributed by atoms with Gasteiger partial charge in [-0.15, -0.1) is 0 Å². The minimum Gasteiger partial charge on any atom is -0.489 e. The van der Waals surface area contributed by atoms with Gasteiger partial charge in [0.05, 0.1) is 6.54 Å². The Bertz CT molecular complexity index is 1210. The SMILES string of the molecule is O=C(CCN1C(=O)CNC1=O)Nc1ccc(NC(=O)c2cccc(OCc3cccnc3)c2)cc1. The predicted molar refractivity (Wildman–Crippen MR) is 128 cm³/mol. The Morgan fingerprint density at radius 1 is 1.00 bits per heavy atom. The fraction of sp³-hybridized carbons (Fsp3) is 0.160. The highest BCUT2D eigenvalue weighted by Crippen LogP contribution is 2.18. The lowest BCUT2D eigenvalue weighted by atomic mass is 10.2. The van der Waals surface area contributed by atoms with Crippen LogP contribution in [-0.2, 0) is 16.2 Å². The highest BCUT2D eigenvalue weighted by Gasteiger charge is 2.28. The molecule has 0 atom stereocenters. The minimum atomic E-state index is -0.492. The molecule has 35 heavy (non-hydrogen) atoms. The van der Waals surface area contributed by atoms with E-state index in [4.69, 9.17) is 4.74 Å². The smallest absolute Gasteiger partial charge is 0.324 e. The fourth-order valence-electron chi connectivity index (χ4n) is 3.34. The second kappa shape index (κ2) is 10.9. The lowest BCUT2D eigenvalue weighted by molar-refractivity contribution is -0.125. The van der Waals surface area contributed by atoms with Gasteiger partial charge in [0.2, 0.25) is 11.8 Å². The van der Waals surface area contributed by atoms with E-state index < -0.39 is 6.03 Å². The van der Waals surface area contributed by atoms with E-state index >= 15 is 0 Å². The number of anilines is 2. The Hall–Kier alpha value is -4.73. The minimum absolute atomic E-state index is 0.00958. The summed E-state index contributed by atoms with van der Waals surface area (Å²) in [6, 6.07) is 16.7. The largest absolute Gasteiger partial charge is 0.489 e. The summed E-state index contributed by atoms with van der Waals surface area (Å²) in [6.07, 6.45) is 3.39. The molecule has 2 aromatic carbocycles. The maximum atomic E-state index is 12.7. The number of benzene rings is 2. The molecule has 1 aliphatic rings. The number of hydrogen-bond donors (Lipinski definition) is 3. The van der Waals surface area contributed by atoms with Crippen molar-refractivity contribution in [3.63, 3.8) is 0 Å². The predicted octanol–water partition coefficient (Wildman–Crippen LogP) is 2.79. The molecule has 4 rings (SSSR count). The molecule has 1 saturated heterocycles. The van der Waals surface area contributed by atoms with Crippen LogP contribution in [-0.4, -0.2) is 46.7 Å². The van der Waals surface area contributed by atoms with Gasteiger partial charge in [-0.1, -0.05) is 12.1 Å². The van der Waals surface area contributed by atoms with Crippen LogP contribution < -0.4 is 20.7 Å². The van der Waals surface area contributed by atoms with Crippen LogP contribution in [0, 0.1) is 0 Å². The van der Waals surface area contributed by atoms with Crippen molar-refractivity contribution in [2.24, 2.45) is 0 Å². The van der Waals surface area contributed by atoms with Gasteiger partial charge in [-0.25, -0.2) is 4.79 Å². The molecule has 10 nitrogen and oxygen atoms in total. The fourth-order valence-corrected chi connectivity index (χ4v) is 3.34. The summed E-state index contributed by atoms with van der Waals surface area (Å²) in [5.74, 6) is -0.430. The molecule has 10 heteroatoms. The molecule has 0 bridgehead atoms. The summed E-state index contributed by atoms with van der Waals surface area (Å²) in [5.41, 5.74) is 2.43. The molecular weight excluding hydrogens is 450 g/mol. The average Bonchev–Trinajstić information content (AvgIpc) is 3.20. The number of aromatic nitrogens is 1. The zero-order valence-electron chi connectivity index (χ0n) is 18.7.